The standard InChI is InChI=1S/C21H29N3O/c1-14-11-16(15-5-6-15)13-17(12-14)24-10-8-18(20(24)25)23-9-7-19(22)21(2,3)4/h7,9,11-13,15,18,22-23H,5-6,8,10H2,1-4H3/b9-7-,22-19?. The molecule has 4 nitrogen and oxygen atoms in total. The van der Waals surface area contributed by atoms with Gasteiger partial charge in [-0.15, -0.1) is 0 Å². The molecule has 1 aliphatic carbocycles. The second-order valence-electron chi connectivity index (χ2n) is 8.37. The van der Waals surface area contributed by atoms with Gasteiger partial charge in [-0.25, -0.2) is 0 Å². The minimum absolute atomic E-state index is 0.124. The van der Waals surface area contributed by atoms with Crippen LogP contribution < -0.4 is 10.2 Å². The Morgan fingerprint density at radius 3 is 2.60 bits per heavy atom. The third-order valence-corrected chi connectivity index (χ3v) is 5.01. The number of nitrogens with one attached hydrogen (secondary N) is 2. The van der Waals surface area contributed by atoms with Crippen LogP contribution in [0.2, 0.25) is 0 Å². The Morgan fingerprint density at radius 2 is 1.96 bits per heavy atom. The molecule has 3 rings (SSSR count). The first-order valence-electron chi connectivity index (χ1n) is 9.20. The van der Waals surface area contributed by atoms with E-state index in [1.807, 2.05) is 25.7 Å². The molecule has 1 heterocycles. The molecular weight excluding hydrogens is 310 g/mol. The number of aryl methyl sites for hydroxylation is 1. The number of rotatable bonds is 5. The molecule has 1 unspecified atom stereocenters. The summed E-state index contributed by atoms with van der Waals surface area (Å²) in [5.74, 6) is 0.816. The molecule has 1 amide bonds. The quantitative estimate of drug-likeness (QED) is 0.792. The molecule has 0 aromatic heterocycles. The molecule has 134 valence electrons. The summed E-state index contributed by atoms with van der Waals surface area (Å²) in [5, 5.41) is 11.2. The molecule has 2 N–H and O–H groups in total. The first-order valence-corrected chi connectivity index (χ1v) is 9.20. The summed E-state index contributed by atoms with van der Waals surface area (Å²) in [6, 6.07) is 6.35. The Morgan fingerprint density at radius 1 is 1.24 bits per heavy atom. The predicted molar refractivity (Wildman–Crippen MR) is 103 cm³/mol. The molecule has 25 heavy (non-hydrogen) atoms. The van der Waals surface area contributed by atoms with Crippen LogP contribution in [0, 0.1) is 17.7 Å². The summed E-state index contributed by atoms with van der Waals surface area (Å²) in [5.41, 5.74) is 4.00. The van der Waals surface area contributed by atoms with Crippen LogP contribution in [0.1, 0.15) is 57.1 Å². The van der Waals surface area contributed by atoms with Gasteiger partial charge in [-0.1, -0.05) is 26.8 Å². The summed E-state index contributed by atoms with van der Waals surface area (Å²) in [4.78, 5) is 14.7. The van der Waals surface area contributed by atoms with Gasteiger partial charge in [0, 0.05) is 23.4 Å². The molecule has 2 aliphatic rings. The van der Waals surface area contributed by atoms with E-state index < -0.39 is 0 Å². The van der Waals surface area contributed by atoms with E-state index in [2.05, 4.69) is 30.4 Å². The van der Waals surface area contributed by atoms with Crippen molar-refractivity contribution in [2.45, 2.75) is 58.9 Å². The lowest BCUT2D eigenvalue weighted by Crippen LogP contribution is -2.36. The minimum atomic E-state index is -0.200. The maximum absolute atomic E-state index is 12.8. The average molecular weight is 339 g/mol. The van der Waals surface area contributed by atoms with Crippen LogP contribution in [0.4, 0.5) is 5.69 Å². The van der Waals surface area contributed by atoms with E-state index in [0.717, 1.165) is 18.7 Å². The normalized spacial score (nSPS) is 21.2. The smallest absolute Gasteiger partial charge is 0.249 e. The molecule has 0 spiro atoms. The van der Waals surface area contributed by atoms with Gasteiger partial charge in [-0.05, 0) is 67.6 Å². The third kappa shape index (κ3) is 4.12. The van der Waals surface area contributed by atoms with Gasteiger partial charge in [0.05, 0.1) is 0 Å². The number of anilines is 1. The number of amides is 1. The largest absolute Gasteiger partial charge is 0.380 e. The molecule has 1 saturated heterocycles. The van der Waals surface area contributed by atoms with Gasteiger partial charge in [0.15, 0.2) is 0 Å². The number of carbonyl (C=O) groups excluding carboxylic acids is 1. The van der Waals surface area contributed by atoms with Crippen molar-refractivity contribution in [1.82, 2.24) is 5.32 Å². The van der Waals surface area contributed by atoms with Crippen LogP contribution >= 0.6 is 0 Å². The molecule has 0 bridgehead atoms. The third-order valence-electron chi connectivity index (χ3n) is 5.01. The van der Waals surface area contributed by atoms with Crippen LogP contribution in [-0.2, 0) is 4.79 Å². The molecule has 4 heteroatoms. The van der Waals surface area contributed by atoms with E-state index in [9.17, 15) is 4.79 Å². The van der Waals surface area contributed by atoms with Crippen molar-refractivity contribution in [3.05, 3.63) is 41.6 Å². The topological polar surface area (TPSA) is 56.2 Å². The van der Waals surface area contributed by atoms with Gasteiger partial charge >= 0.3 is 0 Å². The SMILES string of the molecule is Cc1cc(C2CC2)cc(N2CCC(N/C=C\C(=N)C(C)(C)C)C2=O)c1. The predicted octanol–water partition coefficient (Wildman–Crippen LogP) is 4.15. The summed E-state index contributed by atoms with van der Waals surface area (Å²) in [7, 11) is 0. The Balaban J connectivity index is 1.66. The maximum Gasteiger partial charge on any atom is 0.249 e. The fourth-order valence-corrected chi connectivity index (χ4v) is 3.19. The summed E-state index contributed by atoms with van der Waals surface area (Å²) in [6.45, 7) is 8.88. The van der Waals surface area contributed by atoms with Crippen molar-refractivity contribution < 1.29 is 4.79 Å². The van der Waals surface area contributed by atoms with Crippen LogP contribution in [0.25, 0.3) is 0 Å². The van der Waals surface area contributed by atoms with E-state index in [-0.39, 0.29) is 17.4 Å². The number of nitrogens with zero attached hydrogens (tertiary/aromatic N) is 1. The Kier molecular flexibility index (Phi) is 4.72. The molecule has 1 aromatic rings. The van der Waals surface area contributed by atoms with E-state index in [4.69, 9.17) is 5.41 Å². The first kappa shape index (κ1) is 17.7. The highest BCUT2D eigenvalue weighted by Crippen LogP contribution is 2.41. The lowest BCUT2D eigenvalue weighted by molar-refractivity contribution is -0.118. The summed E-state index contributed by atoms with van der Waals surface area (Å²) < 4.78 is 0. The summed E-state index contributed by atoms with van der Waals surface area (Å²) in [6.07, 6.45) is 6.84. The van der Waals surface area contributed by atoms with Crippen molar-refractivity contribution >= 4 is 17.3 Å². The molecule has 1 aromatic carbocycles. The van der Waals surface area contributed by atoms with Crippen molar-refractivity contribution in [3.63, 3.8) is 0 Å². The highest BCUT2D eigenvalue weighted by Gasteiger charge is 2.33. The lowest BCUT2D eigenvalue weighted by Gasteiger charge is -2.19. The second kappa shape index (κ2) is 6.66. The Bertz CT molecular complexity index is 710. The first-order chi connectivity index (χ1) is 11.8. The highest BCUT2D eigenvalue weighted by atomic mass is 16.2. The average Bonchev–Trinajstić information content (AvgIpc) is 3.31. The van der Waals surface area contributed by atoms with Gasteiger partial charge in [0.25, 0.3) is 0 Å². The van der Waals surface area contributed by atoms with Crippen molar-refractivity contribution in [2.75, 3.05) is 11.4 Å². The van der Waals surface area contributed by atoms with Gasteiger partial charge < -0.3 is 15.6 Å². The molecular formula is C21H29N3O. The maximum atomic E-state index is 12.8. The fourth-order valence-electron chi connectivity index (χ4n) is 3.19. The zero-order valence-electron chi connectivity index (χ0n) is 15.7. The molecule has 1 saturated carbocycles. The van der Waals surface area contributed by atoms with Crippen LogP contribution in [-0.4, -0.2) is 24.2 Å². The number of carbonyl (C=O) groups is 1. The highest BCUT2D eigenvalue weighted by molar-refractivity contribution is 6.00. The van der Waals surface area contributed by atoms with Gasteiger partial charge in [-0.2, -0.15) is 0 Å². The Labute approximate surface area is 150 Å². The van der Waals surface area contributed by atoms with Crippen molar-refractivity contribution in [2.24, 2.45) is 5.41 Å². The second-order valence-corrected chi connectivity index (χ2v) is 8.37. The molecule has 1 aliphatic heterocycles. The van der Waals surface area contributed by atoms with Gasteiger partial charge in [0.2, 0.25) is 5.91 Å². The molecule has 2 fully saturated rings. The van der Waals surface area contributed by atoms with Crippen LogP contribution in [0.15, 0.2) is 30.5 Å². The fraction of sp³-hybridized carbons (Fsp3) is 0.524. The van der Waals surface area contributed by atoms with E-state index >= 15 is 0 Å². The van der Waals surface area contributed by atoms with Crippen LogP contribution in [0.5, 0.6) is 0 Å². The molecule has 0 radical (unpaired) electrons. The molecule has 1 atom stereocenters. The van der Waals surface area contributed by atoms with Crippen molar-refractivity contribution in [1.29, 1.82) is 5.41 Å². The number of allylic oxidation sites excluding steroid dienone is 1. The monoisotopic (exact) mass is 339 g/mol. The van der Waals surface area contributed by atoms with Gasteiger partial charge in [-0.3, -0.25) is 4.79 Å². The summed E-state index contributed by atoms with van der Waals surface area (Å²) >= 11 is 0. The van der Waals surface area contributed by atoms with E-state index in [1.165, 1.54) is 24.0 Å². The number of hydrogen-bond acceptors (Lipinski definition) is 3. The zero-order valence-corrected chi connectivity index (χ0v) is 15.7. The van der Waals surface area contributed by atoms with Gasteiger partial charge in [0.1, 0.15) is 6.04 Å². The number of hydrogen-bond donors (Lipinski definition) is 2. The minimum Gasteiger partial charge on any atom is -0.380 e. The Hall–Kier alpha value is -2.10. The van der Waals surface area contributed by atoms with E-state index in [1.54, 1.807) is 12.3 Å². The zero-order chi connectivity index (χ0) is 18.2. The van der Waals surface area contributed by atoms with Crippen molar-refractivity contribution in [3.8, 4) is 0 Å². The lowest BCUT2D eigenvalue weighted by atomic mass is 9.90. The van der Waals surface area contributed by atoms with E-state index in [0.29, 0.717) is 11.6 Å². The van der Waals surface area contributed by atoms with Crippen LogP contribution in [0.3, 0.4) is 0 Å². The number of benzene rings is 1.